The van der Waals surface area contributed by atoms with Crippen LogP contribution in [0.3, 0.4) is 0 Å². The quantitative estimate of drug-likeness (QED) is 0.569. The second-order valence-corrected chi connectivity index (χ2v) is 7.95. The first-order chi connectivity index (χ1) is 13.9. The van der Waals surface area contributed by atoms with Gasteiger partial charge in [-0.25, -0.2) is 9.37 Å². The number of thiazole rings is 1. The Morgan fingerprint density at radius 3 is 2.69 bits per heavy atom. The lowest BCUT2D eigenvalue weighted by Gasteiger charge is -2.09. The van der Waals surface area contributed by atoms with E-state index in [0.29, 0.717) is 34.5 Å². The van der Waals surface area contributed by atoms with Crippen LogP contribution in [-0.4, -0.2) is 43.0 Å². The number of nitrogens with zero attached hydrogens (tertiary/aromatic N) is 2. The molecule has 0 saturated heterocycles. The molecular formula is C21H21ClFN3O2S. The Hall–Kier alpha value is -2.48. The number of carbonyl (C=O) groups is 1. The molecule has 29 heavy (non-hydrogen) atoms. The number of hydrogen-bond donors (Lipinski definition) is 1. The van der Waals surface area contributed by atoms with E-state index in [1.54, 1.807) is 29.6 Å². The highest BCUT2D eigenvalue weighted by atomic mass is 35.5. The molecule has 0 aliphatic heterocycles. The van der Waals surface area contributed by atoms with E-state index >= 15 is 0 Å². The summed E-state index contributed by atoms with van der Waals surface area (Å²) in [6.45, 7) is 1.56. The number of benzene rings is 2. The highest BCUT2D eigenvalue weighted by Crippen LogP contribution is 2.29. The highest BCUT2D eigenvalue weighted by molar-refractivity contribution is 7.13. The van der Waals surface area contributed by atoms with Crippen molar-refractivity contribution in [2.24, 2.45) is 0 Å². The third-order valence-corrected chi connectivity index (χ3v) is 5.20. The van der Waals surface area contributed by atoms with Crippen LogP contribution in [0.5, 0.6) is 5.75 Å². The monoisotopic (exact) mass is 433 g/mol. The van der Waals surface area contributed by atoms with Gasteiger partial charge in [0.15, 0.2) is 0 Å². The lowest BCUT2D eigenvalue weighted by Crippen LogP contribution is -2.31. The van der Waals surface area contributed by atoms with Gasteiger partial charge in [0.1, 0.15) is 28.9 Å². The fourth-order valence-electron chi connectivity index (χ4n) is 2.49. The minimum absolute atomic E-state index is 0.266. The van der Waals surface area contributed by atoms with E-state index in [0.717, 1.165) is 12.1 Å². The average Bonchev–Trinajstić information content (AvgIpc) is 3.17. The third-order valence-electron chi connectivity index (χ3n) is 4.07. The van der Waals surface area contributed by atoms with Crippen molar-refractivity contribution in [3.63, 3.8) is 0 Å². The van der Waals surface area contributed by atoms with Crippen molar-refractivity contribution in [1.29, 1.82) is 0 Å². The Labute approximate surface area is 178 Å². The van der Waals surface area contributed by atoms with Gasteiger partial charge >= 0.3 is 0 Å². The average molecular weight is 434 g/mol. The van der Waals surface area contributed by atoms with Gasteiger partial charge in [0.25, 0.3) is 5.91 Å². The fourth-order valence-corrected chi connectivity index (χ4v) is 3.44. The molecule has 0 aliphatic rings. The molecule has 0 aliphatic carbocycles. The molecule has 3 aromatic rings. The molecule has 3 rings (SSSR count). The van der Waals surface area contributed by atoms with E-state index in [4.69, 9.17) is 16.3 Å². The van der Waals surface area contributed by atoms with Gasteiger partial charge < -0.3 is 15.0 Å². The number of likely N-dealkylation sites (N-methyl/N-ethyl adjacent to an activating group) is 1. The molecule has 0 saturated carbocycles. The van der Waals surface area contributed by atoms with Gasteiger partial charge in [-0.1, -0.05) is 23.7 Å². The Balaban J connectivity index is 1.63. The number of halogens is 2. The topological polar surface area (TPSA) is 54.5 Å². The Morgan fingerprint density at radius 2 is 2.00 bits per heavy atom. The molecule has 0 fully saturated rings. The zero-order valence-corrected chi connectivity index (χ0v) is 17.7. The van der Waals surface area contributed by atoms with Crippen LogP contribution in [0.4, 0.5) is 4.39 Å². The molecule has 0 bridgehead atoms. The Morgan fingerprint density at radius 1 is 1.24 bits per heavy atom. The molecule has 0 radical (unpaired) electrons. The van der Waals surface area contributed by atoms with E-state index in [-0.39, 0.29) is 11.6 Å². The summed E-state index contributed by atoms with van der Waals surface area (Å²) in [5, 5.41) is 5.53. The van der Waals surface area contributed by atoms with E-state index < -0.39 is 5.82 Å². The number of carbonyl (C=O) groups excluding carboxylic acids is 1. The maximum absolute atomic E-state index is 14.6. The van der Waals surface area contributed by atoms with Crippen LogP contribution in [0.1, 0.15) is 16.1 Å². The summed E-state index contributed by atoms with van der Waals surface area (Å²) in [6.07, 6.45) is 0. The molecule has 1 amide bonds. The largest absolute Gasteiger partial charge is 0.489 e. The number of ether oxygens (including phenoxy) is 1. The van der Waals surface area contributed by atoms with Crippen LogP contribution in [0, 0.1) is 5.82 Å². The molecule has 1 aromatic heterocycles. The van der Waals surface area contributed by atoms with Crippen LogP contribution in [-0.2, 0) is 6.61 Å². The molecule has 8 heteroatoms. The summed E-state index contributed by atoms with van der Waals surface area (Å²) in [5.41, 5.74) is 1.55. The summed E-state index contributed by atoms with van der Waals surface area (Å²) in [7, 11) is 3.86. The molecule has 152 valence electrons. The molecule has 5 nitrogen and oxygen atoms in total. The predicted octanol–water partition coefficient (Wildman–Crippen LogP) is 4.47. The van der Waals surface area contributed by atoms with Crippen molar-refractivity contribution in [2.75, 3.05) is 27.2 Å². The maximum atomic E-state index is 14.6. The molecular weight excluding hydrogens is 413 g/mol. The highest BCUT2D eigenvalue weighted by Gasteiger charge is 2.15. The summed E-state index contributed by atoms with van der Waals surface area (Å²) in [4.78, 5) is 18.4. The molecule has 0 atom stereocenters. The van der Waals surface area contributed by atoms with Gasteiger partial charge in [0, 0.05) is 35.1 Å². The Kier molecular flexibility index (Phi) is 7.19. The Bertz CT molecular complexity index is 976. The van der Waals surface area contributed by atoms with Crippen molar-refractivity contribution in [3.05, 3.63) is 69.9 Å². The van der Waals surface area contributed by atoms with Crippen LogP contribution < -0.4 is 10.1 Å². The number of rotatable bonds is 8. The van der Waals surface area contributed by atoms with Gasteiger partial charge in [-0.3, -0.25) is 4.79 Å². The van der Waals surface area contributed by atoms with Crippen molar-refractivity contribution in [2.45, 2.75) is 6.61 Å². The molecule has 1 N–H and O–H groups in total. The van der Waals surface area contributed by atoms with Crippen molar-refractivity contribution >= 4 is 28.8 Å². The number of aromatic nitrogens is 1. The summed E-state index contributed by atoms with van der Waals surface area (Å²) >= 11 is 7.09. The fraction of sp³-hybridized carbons (Fsp3) is 0.238. The van der Waals surface area contributed by atoms with Gasteiger partial charge in [-0.05, 0) is 43.9 Å². The summed E-state index contributed by atoms with van der Waals surface area (Å²) in [5.74, 6) is -0.301. The van der Waals surface area contributed by atoms with Crippen molar-refractivity contribution in [3.8, 4) is 16.3 Å². The minimum atomic E-state index is -0.451. The maximum Gasteiger partial charge on any atom is 0.270 e. The predicted molar refractivity (Wildman–Crippen MR) is 114 cm³/mol. The van der Waals surface area contributed by atoms with Gasteiger partial charge in [-0.2, -0.15) is 0 Å². The van der Waals surface area contributed by atoms with Crippen LogP contribution in [0.25, 0.3) is 10.6 Å². The van der Waals surface area contributed by atoms with Crippen LogP contribution >= 0.6 is 22.9 Å². The van der Waals surface area contributed by atoms with Gasteiger partial charge in [-0.15, -0.1) is 11.3 Å². The number of hydrogen-bond acceptors (Lipinski definition) is 5. The van der Waals surface area contributed by atoms with Crippen molar-refractivity contribution in [1.82, 2.24) is 15.2 Å². The first-order valence-corrected chi connectivity index (χ1v) is 10.2. The van der Waals surface area contributed by atoms with Crippen molar-refractivity contribution < 1.29 is 13.9 Å². The second kappa shape index (κ2) is 9.82. The summed E-state index contributed by atoms with van der Waals surface area (Å²) < 4.78 is 20.2. The normalized spacial score (nSPS) is 10.9. The van der Waals surface area contributed by atoms with Gasteiger partial charge in [0.2, 0.25) is 0 Å². The van der Waals surface area contributed by atoms with E-state index in [1.165, 1.54) is 17.4 Å². The number of nitrogens with one attached hydrogen (secondary N) is 1. The van der Waals surface area contributed by atoms with Gasteiger partial charge in [0.05, 0.1) is 0 Å². The first-order valence-electron chi connectivity index (χ1n) is 8.98. The second-order valence-electron chi connectivity index (χ2n) is 6.65. The van der Waals surface area contributed by atoms with Crippen LogP contribution in [0.2, 0.25) is 5.02 Å². The third kappa shape index (κ3) is 6.00. The zero-order chi connectivity index (χ0) is 20.8. The summed E-state index contributed by atoms with van der Waals surface area (Å²) in [6, 6.07) is 11.9. The number of amides is 1. The zero-order valence-electron chi connectivity index (χ0n) is 16.1. The van der Waals surface area contributed by atoms with E-state index in [9.17, 15) is 9.18 Å². The molecule has 0 unspecified atom stereocenters. The lowest BCUT2D eigenvalue weighted by molar-refractivity contribution is 0.0947. The van der Waals surface area contributed by atoms with E-state index in [1.807, 2.05) is 31.1 Å². The molecule has 0 spiro atoms. The molecule has 2 aromatic carbocycles. The molecule has 1 heterocycles. The lowest BCUT2D eigenvalue weighted by atomic mass is 10.2. The first kappa shape index (κ1) is 21.2. The SMILES string of the molecule is CN(C)CCNC(=O)c1csc(-c2ccc(OCc3ccc(Cl)cc3)cc2F)n1. The van der Waals surface area contributed by atoms with E-state index in [2.05, 4.69) is 10.3 Å². The smallest absolute Gasteiger partial charge is 0.270 e. The van der Waals surface area contributed by atoms with Crippen LogP contribution in [0.15, 0.2) is 47.8 Å². The minimum Gasteiger partial charge on any atom is -0.489 e. The standard InChI is InChI=1S/C21H21ClFN3O2S/c1-26(2)10-9-24-20(27)19-13-29-21(25-19)17-8-7-16(11-18(17)23)28-12-14-3-5-15(22)6-4-14/h3-8,11,13H,9-10,12H2,1-2H3,(H,24,27).